The van der Waals surface area contributed by atoms with Crippen LogP contribution in [0.1, 0.15) is 0 Å². The average Bonchev–Trinajstić information content (AvgIpc) is 2.41. The highest BCUT2D eigenvalue weighted by Crippen LogP contribution is 2.38. The molecule has 0 amide bonds. The smallest absolute Gasteiger partial charge is 0.186 e. The minimum absolute atomic E-state index is 0.0308. The molecule has 0 spiro atoms. The molecule has 90 valence electrons. The quantitative estimate of drug-likeness (QED) is 0.469. The molecule has 0 radical (unpaired) electrons. The number of aromatic hydroxyl groups is 1. The van der Waals surface area contributed by atoms with Gasteiger partial charge in [-0.25, -0.2) is 0 Å². The van der Waals surface area contributed by atoms with Crippen molar-refractivity contribution in [2.24, 2.45) is 0 Å². The lowest BCUT2D eigenvalue weighted by Gasteiger charge is -2.15. The first-order valence-electron chi connectivity index (χ1n) is 5.99. The lowest BCUT2D eigenvalue weighted by Crippen LogP contribution is -2.08. The number of phenolic OH excluding ortho intramolecular Hbond substituents is 1. The van der Waals surface area contributed by atoms with E-state index in [1.807, 2.05) is 18.2 Å². The predicted octanol–water partition coefficient (Wildman–Crippen LogP) is 2.52. The van der Waals surface area contributed by atoms with Crippen LogP contribution < -0.4 is 10.8 Å². The van der Waals surface area contributed by atoms with E-state index in [0.29, 0.717) is 10.8 Å². The highest BCUT2D eigenvalue weighted by Gasteiger charge is 2.17. The summed E-state index contributed by atoms with van der Waals surface area (Å²) in [4.78, 5) is 11.9. The first-order valence-corrected chi connectivity index (χ1v) is 5.99. The third-order valence-corrected chi connectivity index (χ3v) is 3.70. The van der Waals surface area contributed by atoms with Gasteiger partial charge in [0.05, 0.1) is 5.36 Å². The number of hydrogen-bond donors (Lipinski definition) is 2. The average molecular weight is 247 g/mol. The van der Waals surface area contributed by atoms with Gasteiger partial charge in [-0.3, -0.25) is 4.79 Å². The maximum atomic E-state index is 11.9. The van der Waals surface area contributed by atoms with E-state index in [2.05, 4.69) is 0 Å². The number of nitrogens with one attached hydrogen (secondary N) is 1. The molecule has 4 rings (SSSR count). The number of phenols is 1. The molecule has 0 heterocycles. The van der Waals surface area contributed by atoms with Gasteiger partial charge < -0.3 is 10.5 Å². The fourth-order valence-corrected chi connectivity index (χ4v) is 2.87. The van der Waals surface area contributed by atoms with Crippen LogP contribution in [0.2, 0.25) is 0 Å². The standard InChI is InChI=1S/C16H9NO2/c17-11-7-9-3-5-12(18)10-4-1-8-2-6-13(19)16(11)15(8)14(9)10/h1-7,17,19H. The van der Waals surface area contributed by atoms with E-state index in [4.69, 9.17) is 5.41 Å². The Kier molecular flexibility index (Phi) is 1.73. The molecule has 0 aromatic heterocycles. The van der Waals surface area contributed by atoms with E-state index < -0.39 is 0 Å². The Bertz CT molecular complexity index is 1010. The molecule has 0 atom stereocenters. The molecule has 2 aromatic rings. The van der Waals surface area contributed by atoms with Crippen molar-refractivity contribution in [1.29, 1.82) is 5.41 Å². The van der Waals surface area contributed by atoms with Crippen LogP contribution in [0.25, 0.3) is 32.7 Å². The molecule has 0 saturated heterocycles. The molecule has 3 nitrogen and oxygen atoms in total. The number of hydrogen-bond acceptors (Lipinski definition) is 3. The van der Waals surface area contributed by atoms with Crippen molar-refractivity contribution in [2.75, 3.05) is 0 Å². The highest BCUT2D eigenvalue weighted by atomic mass is 16.3. The number of benzene rings is 4. The Balaban J connectivity index is 2.53. The lowest BCUT2D eigenvalue weighted by molar-refractivity contribution is 0.481. The van der Waals surface area contributed by atoms with Crippen molar-refractivity contribution in [2.45, 2.75) is 0 Å². The van der Waals surface area contributed by atoms with E-state index in [9.17, 15) is 9.90 Å². The molecule has 0 aliphatic heterocycles. The minimum atomic E-state index is -0.0308. The third kappa shape index (κ3) is 1.16. The zero-order chi connectivity index (χ0) is 13.1. The van der Waals surface area contributed by atoms with Crippen LogP contribution in [0.5, 0.6) is 5.75 Å². The summed E-state index contributed by atoms with van der Waals surface area (Å²) in [7, 11) is 0. The molecule has 19 heavy (non-hydrogen) atoms. The molecule has 0 fully saturated rings. The van der Waals surface area contributed by atoms with Crippen LogP contribution >= 0.6 is 0 Å². The van der Waals surface area contributed by atoms with Crippen LogP contribution in [0.3, 0.4) is 0 Å². The van der Waals surface area contributed by atoms with Gasteiger partial charge in [-0.1, -0.05) is 18.2 Å². The van der Waals surface area contributed by atoms with E-state index in [0.717, 1.165) is 21.9 Å². The molecular formula is C16H9NO2. The second-order valence-electron chi connectivity index (χ2n) is 4.76. The predicted molar refractivity (Wildman–Crippen MR) is 74.2 cm³/mol. The summed E-state index contributed by atoms with van der Waals surface area (Å²) in [6.45, 7) is 0. The SMILES string of the molecule is N=c1cc2ccc(=O)c3ccc4ccc(O)c1c4c3-2. The summed E-state index contributed by atoms with van der Waals surface area (Å²) in [5, 5.41) is 21.2. The highest BCUT2D eigenvalue weighted by molar-refractivity contribution is 6.16. The molecule has 2 aliphatic carbocycles. The third-order valence-electron chi connectivity index (χ3n) is 3.70. The largest absolute Gasteiger partial charge is 0.507 e. The second-order valence-corrected chi connectivity index (χ2v) is 4.76. The van der Waals surface area contributed by atoms with Crippen LogP contribution in [-0.2, 0) is 0 Å². The fraction of sp³-hybridized carbons (Fsp3) is 0. The first-order chi connectivity index (χ1) is 9.16. The summed E-state index contributed by atoms with van der Waals surface area (Å²) in [5.74, 6) is 0.0863. The monoisotopic (exact) mass is 247 g/mol. The van der Waals surface area contributed by atoms with Crippen LogP contribution in [0.15, 0.2) is 47.3 Å². The maximum absolute atomic E-state index is 11.9. The van der Waals surface area contributed by atoms with Gasteiger partial charge in [0, 0.05) is 21.7 Å². The minimum Gasteiger partial charge on any atom is -0.507 e. The molecule has 0 saturated carbocycles. The van der Waals surface area contributed by atoms with Crippen molar-refractivity contribution >= 4 is 21.5 Å². The maximum Gasteiger partial charge on any atom is 0.186 e. The van der Waals surface area contributed by atoms with E-state index in [1.165, 1.54) is 6.07 Å². The van der Waals surface area contributed by atoms with Gasteiger partial charge in [-0.05, 0) is 35.2 Å². The summed E-state index contributed by atoms with van der Waals surface area (Å²) in [6.07, 6.45) is 0. The van der Waals surface area contributed by atoms with Gasteiger partial charge in [-0.15, -0.1) is 0 Å². The number of rotatable bonds is 0. The van der Waals surface area contributed by atoms with Gasteiger partial charge in [0.1, 0.15) is 5.75 Å². The summed E-state index contributed by atoms with van der Waals surface area (Å²) in [5.41, 5.74) is 1.67. The zero-order valence-corrected chi connectivity index (χ0v) is 9.90. The van der Waals surface area contributed by atoms with Gasteiger partial charge >= 0.3 is 0 Å². The van der Waals surface area contributed by atoms with Gasteiger partial charge in [0.2, 0.25) is 0 Å². The van der Waals surface area contributed by atoms with Gasteiger partial charge in [0.15, 0.2) is 5.43 Å². The molecule has 2 aromatic carbocycles. The molecular weight excluding hydrogens is 238 g/mol. The van der Waals surface area contributed by atoms with Crippen molar-refractivity contribution in [3.63, 3.8) is 0 Å². The van der Waals surface area contributed by atoms with Crippen LogP contribution in [-0.4, -0.2) is 5.11 Å². The Morgan fingerprint density at radius 2 is 1.74 bits per heavy atom. The van der Waals surface area contributed by atoms with Crippen molar-refractivity contribution < 1.29 is 5.11 Å². The molecule has 2 N–H and O–H groups in total. The first kappa shape index (κ1) is 10.3. The molecule has 0 unspecified atom stereocenters. The van der Waals surface area contributed by atoms with Crippen LogP contribution in [0, 0.1) is 5.41 Å². The Labute approximate surface area is 107 Å². The Morgan fingerprint density at radius 1 is 0.947 bits per heavy atom. The topological polar surface area (TPSA) is 61.2 Å². The van der Waals surface area contributed by atoms with E-state index >= 15 is 0 Å². The summed E-state index contributed by atoms with van der Waals surface area (Å²) < 4.78 is 0. The van der Waals surface area contributed by atoms with Crippen LogP contribution in [0.4, 0.5) is 0 Å². The lowest BCUT2D eigenvalue weighted by atomic mass is 9.88. The molecule has 2 aliphatic rings. The summed E-state index contributed by atoms with van der Waals surface area (Å²) >= 11 is 0. The normalized spacial score (nSPS) is 11.8. The molecule has 3 heteroatoms. The summed E-state index contributed by atoms with van der Waals surface area (Å²) in [6, 6.07) is 12.1. The van der Waals surface area contributed by atoms with E-state index in [-0.39, 0.29) is 16.5 Å². The Morgan fingerprint density at radius 3 is 2.58 bits per heavy atom. The van der Waals surface area contributed by atoms with Gasteiger partial charge in [0.25, 0.3) is 0 Å². The second kappa shape index (κ2) is 3.20. The van der Waals surface area contributed by atoms with E-state index in [1.54, 1.807) is 18.2 Å². The van der Waals surface area contributed by atoms with Gasteiger partial charge in [-0.2, -0.15) is 0 Å². The fourth-order valence-electron chi connectivity index (χ4n) is 2.87. The zero-order valence-electron chi connectivity index (χ0n) is 9.90. The van der Waals surface area contributed by atoms with Crippen molar-refractivity contribution in [1.82, 2.24) is 0 Å². The molecule has 0 bridgehead atoms. The Hall–Kier alpha value is -2.68. The van der Waals surface area contributed by atoms with Crippen molar-refractivity contribution in [3.8, 4) is 16.9 Å². The van der Waals surface area contributed by atoms with Crippen molar-refractivity contribution in [3.05, 3.63) is 58.0 Å².